The molecule has 0 fully saturated rings. The lowest BCUT2D eigenvalue weighted by Crippen LogP contribution is -2.30. The number of hydrogen-bond acceptors (Lipinski definition) is 4. The number of esters is 1. The van der Waals surface area contributed by atoms with Gasteiger partial charge in [0.15, 0.2) is 6.61 Å². The first-order valence-corrected chi connectivity index (χ1v) is 9.83. The zero-order chi connectivity index (χ0) is 20.4. The highest BCUT2D eigenvalue weighted by atomic mass is 16.5. The van der Waals surface area contributed by atoms with E-state index in [1.54, 1.807) is 0 Å². The number of amides is 1. The molecular formula is C23H28N2O3. The molecule has 0 unspecified atom stereocenters. The van der Waals surface area contributed by atoms with Gasteiger partial charge >= 0.3 is 5.97 Å². The van der Waals surface area contributed by atoms with Gasteiger partial charge in [-0.2, -0.15) is 5.26 Å². The van der Waals surface area contributed by atoms with Crippen molar-refractivity contribution in [3.8, 4) is 6.07 Å². The molecule has 1 N–H and O–H groups in total. The van der Waals surface area contributed by atoms with Crippen molar-refractivity contribution in [2.45, 2.75) is 51.9 Å². The fourth-order valence-electron chi connectivity index (χ4n) is 3.03. The van der Waals surface area contributed by atoms with Crippen LogP contribution in [0, 0.1) is 11.3 Å². The summed E-state index contributed by atoms with van der Waals surface area (Å²) in [6, 6.07) is 9.48. The predicted octanol–water partition coefficient (Wildman–Crippen LogP) is 4.27. The van der Waals surface area contributed by atoms with E-state index >= 15 is 0 Å². The van der Waals surface area contributed by atoms with Crippen LogP contribution in [-0.4, -0.2) is 25.0 Å². The van der Waals surface area contributed by atoms with Crippen LogP contribution in [0.5, 0.6) is 0 Å². The van der Waals surface area contributed by atoms with Gasteiger partial charge in [0.25, 0.3) is 5.91 Å². The van der Waals surface area contributed by atoms with E-state index in [0.29, 0.717) is 12.5 Å². The van der Waals surface area contributed by atoms with E-state index < -0.39 is 5.97 Å². The van der Waals surface area contributed by atoms with Crippen molar-refractivity contribution in [1.82, 2.24) is 5.32 Å². The lowest BCUT2D eigenvalue weighted by atomic mass is 9.97. The van der Waals surface area contributed by atoms with Gasteiger partial charge in [-0.05, 0) is 55.2 Å². The van der Waals surface area contributed by atoms with E-state index in [2.05, 4.69) is 25.2 Å². The number of carbonyl (C=O) groups excluding carboxylic acids is 2. The summed E-state index contributed by atoms with van der Waals surface area (Å²) in [6.07, 6.45) is 9.20. The van der Waals surface area contributed by atoms with Crippen molar-refractivity contribution < 1.29 is 14.3 Å². The molecule has 1 aliphatic rings. The Morgan fingerprint density at radius 2 is 2.00 bits per heavy atom. The van der Waals surface area contributed by atoms with Crippen molar-refractivity contribution in [2.24, 2.45) is 0 Å². The van der Waals surface area contributed by atoms with E-state index in [4.69, 9.17) is 4.74 Å². The molecule has 0 spiro atoms. The number of hydrogen-bond donors (Lipinski definition) is 1. The third-order valence-corrected chi connectivity index (χ3v) is 4.74. The largest absolute Gasteiger partial charge is 0.451 e. The topological polar surface area (TPSA) is 79.2 Å². The molecule has 0 aliphatic heterocycles. The second-order valence-electron chi connectivity index (χ2n) is 7.28. The van der Waals surface area contributed by atoms with Gasteiger partial charge in [-0.3, -0.25) is 4.79 Å². The number of allylic oxidation sites excluding steroid dienone is 1. The maximum atomic E-state index is 12.1. The van der Waals surface area contributed by atoms with Crippen LogP contribution < -0.4 is 5.32 Å². The number of ether oxygens (including phenoxy) is 1. The molecule has 0 aromatic heterocycles. The average Bonchev–Trinajstić information content (AvgIpc) is 2.71. The Morgan fingerprint density at radius 3 is 2.61 bits per heavy atom. The van der Waals surface area contributed by atoms with Crippen molar-refractivity contribution in [3.05, 3.63) is 52.6 Å². The SMILES string of the molecule is CC(C)c1ccc(/C=C(\C#N)C(=O)OCC(=O)NCCC2=CCCCC2)cc1. The molecule has 28 heavy (non-hydrogen) atoms. The summed E-state index contributed by atoms with van der Waals surface area (Å²) in [5.41, 5.74) is 3.17. The minimum Gasteiger partial charge on any atom is -0.451 e. The first kappa shape index (κ1) is 21.4. The second kappa shape index (κ2) is 11.1. The Labute approximate surface area is 167 Å². The van der Waals surface area contributed by atoms with Crippen LogP contribution in [0.4, 0.5) is 0 Å². The summed E-state index contributed by atoms with van der Waals surface area (Å²) in [4.78, 5) is 23.9. The molecule has 2 rings (SSSR count). The Kier molecular flexibility index (Phi) is 8.48. The van der Waals surface area contributed by atoms with Gasteiger partial charge in [-0.15, -0.1) is 0 Å². The standard InChI is InChI=1S/C23H28N2O3/c1-17(2)20-10-8-19(9-11-20)14-21(15-24)23(27)28-16-22(26)25-13-12-18-6-4-3-5-7-18/h6,8-11,14,17H,3-5,7,12-13,16H2,1-2H3,(H,25,26)/b21-14+. The van der Waals surface area contributed by atoms with Gasteiger partial charge in [-0.1, -0.05) is 49.8 Å². The molecule has 0 atom stereocenters. The summed E-state index contributed by atoms with van der Waals surface area (Å²) in [6.45, 7) is 4.34. The molecule has 0 heterocycles. The van der Waals surface area contributed by atoms with Crippen molar-refractivity contribution >= 4 is 18.0 Å². The molecule has 1 aromatic rings. The van der Waals surface area contributed by atoms with Gasteiger partial charge < -0.3 is 10.1 Å². The molecule has 0 bridgehead atoms. The molecule has 5 nitrogen and oxygen atoms in total. The highest BCUT2D eigenvalue weighted by Crippen LogP contribution is 2.19. The molecule has 0 radical (unpaired) electrons. The number of benzene rings is 1. The van der Waals surface area contributed by atoms with Crippen LogP contribution in [0.1, 0.15) is 63.0 Å². The van der Waals surface area contributed by atoms with Crippen LogP contribution in [0.15, 0.2) is 41.5 Å². The summed E-state index contributed by atoms with van der Waals surface area (Å²) < 4.78 is 4.98. The summed E-state index contributed by atoms with van der Waals surface area (Å²) in [5, 5.41) is 12.0. The zero-order valence-electron chi connectivity index (χ0n) is 16.7. The summed E-state index contributed by atoms with van der Waals surface area (Å²) >= 11 is 0. The number of rotatable bonds is 8. The molecule has 0 saturated heterocycles. The third-order valence-electron chi connectivity index (χ3n) is 4.74. The third kappa shape index (κ3) is 7.03. The average molecular weight is 380 g/mol. The number of nitriles is 1. The minimum atomic E-state index is -0.791. The highest BCUT2D eigenvalue weighted by Gasteiger charge is 2.13. The summed E-state index contributed by atoms with van der Waals surface area (Å²) in [5.74, 6) is -0.741. The Morgan fingerprint density at radius 1 is 1.25 bits per heavy atom. The molecular weight excluding hydrogens is 352 g/mol. The van der Waals surface area contributed by atoms with Crippen LogP contribution in [0.2, 0.25) is 0 Å². The molecule has 148 valence electrons. The van der Waals surface area contributed by atoms with E-state index in [1.165, 1.54) is 30.1 Å². The van der Waals surface area contributed by atoms with E-state index in [-0.39, 0.29) is 18.1 Å². The quantitative estimate of drug-likeness (QED) is 0.316. The predicted molar refractivity (Wildman–Crippen MR) is 109 cm³/mol. The zero-order valence-corrected chi connectivity index (χ0v) is 16.7. The first-order chi connectivity index (χ1) is 13.5. The normalized spacial score (nSPS) is 14.2. The van der Waals surface area contributed by atoms with Crippen LogP contribution in [0.3, 0.4) is 0 Å². The van der Waals surface area contributed by atoms with Crippen LogP contribution in [-0.2, 0) is 14.3 Å². The molecule has 0 saturated carbocycles. The fourth-order valence-corrected chi connectivity index (χ4v) is 3.03. The molecule has 1 amide bonds. The second-order valence-corrected chi connectivity index (χ2v) is 7.28. The van der Waals surface area contributed by atoms with Gasteiger partial charge in [0, 0.05) is 6.54 Å². The minimum absolute atomic E-state index is 0.127. The lowest BCUT2D eigenvalue weighted by Gasteiger charge is -2.13. The van der Waals surface area contributed by atoms with E-state index in [1.807, 2.05) is 30.3 Å². The molecule has 5 heteroatoms. The van der Waals surface area contributed by atoms with Gasteiger partial charge in [-0.25, -0.2) is 4.79 Å². The van der Waals surface area contributed by atoms with Crippen LogP contribution in [0.25, 0.3) is 6.08 Å². The monoisotopic (exact) mass is 380 g/mol. The molecule has 1 aromatic carbocycles. The number of carbonyl (C=O) groups is 2. The van der Waals surface area contributed by atoms with Crippen molar-refractivity contribution in [1.29, 1.82) is 5.26 Å². The van der Waals surface area contributed by atoms with Gasteiger partial charge in [0.2, 0.25) is 0 Å². The Balaban J connectivity index is 1.80. The highest BCUT2D eigenvalue weighted by molar-refractivity contribution is 5.98. The first-order valence-electron chi connectivity index (χ1n) is 9.83. The maximum absolute atomic E-state index is 12.1. The lowest BCUT2D eigenvalue weighted by molar-refractivity contribution is -0.144. The van der Waals surface area contributed by atoms with Gasteiger partial charge in [0.1, 0.15) is 11.6 Å². The van der Waals surface area contributed by atoms with E-state index in [9.17, 15) is 14.9 Å². The Hall–Kier alpha value is -2.87. The smallest absolute Gasteiger partial charge is 0.349 e. The summed E-state index contributed by atoms with van der Waals surface area (Å²) in [7, 11) is 0. The number of nitrogens with zero attached hydrogens (tertiary/aromatic N) is 1. The van der Waals surface area contributed by atoms with Crippen molar-refractivity contribution in [2.75, 3.05) is 13.2 Å². The van der Waals surface area contributed by atoms with Crippen molar-refractivity contribution in [3.63, 3.8) is 0 Å². The molecule has 1 aliphatic carbocycles. The fraction of sp³-hybridized carbons (Fsp3) is 0.435. The Bertz CT molecular complexity index is 783. The maximum Gasteiger partial charge on any atom is 0.349 e. The van der Waals surface area contributed by atoms with E-state index in [0.717, 1.165) is 24.8 Å². The van der Waals surface area contributed by atoms with Gasteiger partial charge in [0.05, 0.1) is 0 Å². The van der Waals surface area contributed by atoms with Crippen LogP contribution >= 0.6 is 0 Å². The number of nitrogens with one attached hydrogen (secondary N) is 1.